The SMILES string of the molecule is Cc1cccc(Oc2coc3cc(OCCc4ccccc4)ccc3c2=O)c1. The van der Waals surface area contributed by atoms with E-state index in [1.54, 1.807) is 24.3 Å². The van der Waals surface area contributed by atoms with Gasteiger partial charge in [-0.05, 0) is 42.3 Å². The summed E-state index contributed by atoms with van der Waals surface area (Å²) in [7, 11) is 0. The fraction of sp³-hybridized carbons (Fsp3) is 0.125. The van der Waals surface area contributed by atoms with Gasteiger partial charge < -0.3 is 13.9 Å². The highest BCUT2D eigenvalue weighted by Gasteiger charge is 2.10. The average Bonchev–Trinajstić information content (AvgIpc) is 2.71. The first-order valence-electron chi connectivity index (χ1n) is 9.16. The van der Waals surface area contributed by atoms with E-state index in [0.717, 1.165) is 12.0 Å². The van der Waals surface area contributed by atoms with Crippen molar-refractivity contribution in [1.29, 1.82) is 0 Å². The van der Waals surface area contributed by atoms with E-state index in [2.05, 4.69) is 12.1 Å². The molecule has 0 radical (unpaired) electrons. The number of ether oxygens (including phenoxy) is 2. The molecule has 4 aromatic rings. The Labute approximate surface area is 163 Å². The lowest BCUT2D eigenvalue weighted by molar-refractivity contribution is 0.322. The second-order valence-corrected chi connectivity index (χ2v) is 6.59. The van der Waals surface area contributed by atoms with Gasteiger partial charge in [0.2, 0.25) is 11.2 Å². The van der Waals surface area contributed by atoms with Gasteiger partial charge in [-0.15, -0.1) is 0 Å². The third kappa shape index (κ3) is 4.07. The summed E-state index contributed by atoms with van der Waals surface area (Å²) in [4.78, 5) is 12.7. The Balaban J connectivity index is 1.50. The molecular weight excluding hydrogens is 352 g/mol. The lowest BCUT2D eigenvalue weighted by atomic mass is 10.2. The Bertz CT molecular complexity index is 1150. The highest BCUT2D eigenvalue weighted by Crippen LogP contribution is 2.24. The van der Waals surface area contributed by atoms with Gasteiger partial charge in [0.25, 0.3) is 0 Å². The van der Waals surface area contributed by atoms with E-state index >= 15 is 0 Å². The van der Waals surface area contributed by atoms with Crippen LogP contribution in [0.3, 0.4) is 0 Å². The molecule has 1 heterocycles. The Morgan fingerprint density at radius 2 is 1.75 bits per heavy atom. The fourth-order valence-electron chi connectivity index (χ4n) is 2.99. The van der Waals surface area contributed by atoms with Crippen molar-refractivity contribution in [2.24, 2.45) is 0 Å². The van der Waals surface area contributed by atoms with Crippen molar-refractivity contribution in [1.82, 2.24) is 0 Å². The van der Waals surface area contributed by atoms with Gasteiger partial charge in [0, 0.05) is 12.5 Å². The van der Waals surface area contributed by atoms with E-state index in [-0.39, 0.29) is 11.2 Å². The third-order valence-electron chi connectivity index (χ3n) is 4.43. The number of rotatable bonds is 6. The van der Waals surface area contributed by atoms with Crippen LogP contribution in [0.25, 0.3) is 11.0 Å². The zero-order valence-corrected chi connectivity index (χ0v) is 15.6. The van der Waals surface area contributed by atoms with E-state index in [1.807, 2.05) is 43.3 Å². The van der Waals surface area contributed by atoms with E-state index in [4.69, 9.17) is 13.9 Å². The van der Waals surface area contributed by atoms with Crippen LogP contribution in [0.15, 0.2) is 88.3 Å². The maximum Gasteiger partial charge on any atom is 0.235 e. The molecule has 28 heavy (non-hydrogen) atoms. The van der Waals surface area contributed by atoms with Gasteiger partial charge in [-0.2, -0.15) is 0 Å². The van der Waals surface area contributed by atoms with Crippen molar-refractivity contribution in [3.63, 3.8) is 0 Å². The van der Waals surface area contributed by atoms with Gasteiger partial charge in [-0.1, -0.05) is 42.5 Å². The monoisotopic (exact) mass is 372 g/mol. The van der Waals surface area contributed by atoms with Gasteiger partial charge in [0.15, 0.2) is 0 Å². The Morgan fingerprint density at radius 1 is 0.893 bits per heavy atom. The molecule has 0 aliphatic carbocycles. The van der Waals surface area contributed by atoms with Crippen LogP contribution >= 0.6 is 0 Å². The van der Waals surface area contributed by atoms with Crippen LogP contribution in [-0.2, 0) is 6.42 Å². The molecule has 1 aromatic heterocycles. The summed E-state index contributed by atoms with van der Waals surface area (Å²) in [5.74, 6) is 1.43. The largest absolute Gasteiger partial charge is 0.493 e. The van der Waals surface area contributed by atoms with Crippen LogP contribution < -0.4 is 14.9 Å². The van der Waals surface area contributed by atoms with Gasteiger partial charge in [-0.25, -0.2) is 0 Å². The highest BCUT2D eigenvalue weighted by atomic mass is 16.5. The smallest absolute Gasteiger partial charge is 0.235 e. The molecule has 0 saturated heterocycles. The maximum absolute atomic E-state index is 12.7. The van der Waals surface area contributed by atoms with Crippen LogP contribution in [0.2, 0.25) is 0 Å². The molecule has 0 amide bonds. The number of hydrogen-bond acceptors (Lipinski definition) is 4. The van der Waals surface area contributed by atoms with Gasteiger partial charge in [-0.3, -0.25) is 4.79 Å². The van der Waals surface area contributed by atoms with Crippen molar-refractivity contribution in [3.05, 3.63) is 100 Å². The van der Waals surface area contributed by atoms with Crippen molar-refractivity contribution in [3.8, 4) is 17.2 Å². The minimum atomic E-state index is -0.210. The molecule has 0 saturated carbocycles. The van der Waals surface area contributed by atoms with E-state index in [0.29, 0.717) is 29.1 Å². The molecule has 0 aliphatic rings. The van der Waals surface area contributed by atoms with Gasteiger partial charge in [0.05, 0.1) is 12.0 Å². The summed E-state index contributed by atoms with van der Waals surface area (Å²) in [6, 6.07) is 22.9. The van der Waals surface area contributed by atoms with Crippen molar-refractivity contribution < 1.29 is 13.9 Å². The number of benzene rings is 3. The zero-order valence-electron chi connectivity index (χ0n) is 15.6. The van der Waals surface area contributed by atoms with Gasteiger partial charge >= 0.3 is 0 Å². The standard InChI is InChI=1S/C24H20O4/c1-17-6-5-9-20(14-17)28-23-16-27-22-15-19(10-11-21(22)24(23)25)26-13-12-18-7-3-2-4-8-18/h2-11,14-16H,12-13H2,1H3. The molecule has 3 aromatic carbocycles. The number of aryl methyl sites for hydroxylation is 1. The molecular formula is C24H20O4. The molecule has 0 atom stereocenters. The third-order valence-corrected chi connectivity index (χ3v) is 4.43. The first-order valence-corrected chi connectivity index (χ1v) is 9.16. The number of fused-ring (bicyclic) bond motifs is 1. The summed E-state index contributed by atoms with van der Waals surface area (Å²) < 4.78 is 17.1. The first kappa shape index (κ1) is 17.9. The Hall–Kier alpha value is -3.53. The van der Waals surface area contributed by atoms with Crippen molar-refractivity contribution >= 4 is 11.0 Å². The summed E-state index contributed by atoms with van der Waals surface area (Å²) in [6.07, 6.45) is 2.16. The molecule has 140 valence electrons. The van der Waals surface area contributed by atoms with Crippen LogP contribution in [0, 0.1) is 6.92 Å². The molecule has 0 unspecified atom stereocenters. The molecule has 0 bridgehead atoms. The molecule has 0 spiro atoms. The molecule has 0 fully saturated rings. The zero-order chi connectivity index (χ0) is 19.3. The minimum absolute atomic E-state index is 0.163. The summed E-state index contributed by atoms with van der Waals surface area (Å²) in [6.45, 7) is 2.52. The van der Waals surface area contributed by atoms with E-state index in [1.165, 1.54) is 11.8 Å². The predicted octanol–water partition coefficient (Wildman–Crippen LogP) is 5.52. The minimum Gasteiger partial charge on any atom is -0.493 e. The topological polar surface area (TPSA) is 48.7 Å². The van der Waals surface area contributed by atoms with Crippen LogP contribution in [0.1, 0.15) is 11.1 Å². The van der Waals surface area contributed by atoms with Crippen LogP contribution in [0.4, 0.5) is 0 Å². The van der Waals surface area contributed by atoms with Gasteiger partial charge in [0.1, 0.15) is 23.3 Å². The van der Waals surface area contributed by atoms with Crippen LogP contribution in [0.5, 0.6) is 17.2 Å². The van der Waals surface area contributed by atoms with Crippen molar-refractivity contribution in [2.75, 3.05) is 6.61 Å². The predicted molar refractivity (Wildman–Crippen MR) is 109 cm³/mol. The fourth-order valence-corrected chi connectivity index (χ4v) is 2.99. The second-order valence-electron chi connectivity index (χ2n) is 6.59. The maximum atomic E-state index is 12.7. The summed E-state index contributed by atoms with van der Waals surface area (Å²) in [5, 5.41) is 0.459. The highest BCUT2D eigenvalue weighted by molar-refractivity contribution is 5.79. The Kier molecular flexibility index (Phi) is 5.11. The van der Waals surface area contributed by atoms with E-state index in [9.17, 15) is 4.79 Å². The first-order chi connectivity index (χ1) is 13.7. The van der Waals surface area contributed by atoms with Crippen LogP contribution in [-0.4, -0.2) is 6.61 Å². The number of hydrogen-bond donors (Lipinski definition) is 0. The summed E-state index contributed by atoms with van der Waals surface area (Å²) >= 11 is 0. The molecule has 4 nitrogen and oxygen atoms in total. The lowest BCUT2D eigenvalue weighted by Gasteiger charge is -2.08. The molecule has 0 aliphatic heterocycles. The normalized spacial score (nSPS) is 10.8. The van der Waals surface area contributed by atoms with E-state index < -0.39 is 0 Å². The molecule has 4 rings (SSSR count). The molecule has 0 N–H and O–H groups in total. The summed E-state index contributed by atoms with van der Waals surface area (Å²) in [5.41, 5.74) is 2.53. The lowest BCUT2D eigenvalue weighted by Crippen LogP contribution is -2.05. The van der Waals surface area contributed by atoms with Crippen molar-refractivity contribution in [2.45, 2.75) is 13.3 Å². The average molecular weight is 372 g/mol. The second kappa shape index (κ2) is 8.01. The quantitative estimate of drug-likeness (QED) is 0.447. The molecule has 4 heteroatoms. The Morgan fingerprint density at radius 3 is 2.57 bits per heavy atom.